The minimum atomic E-state index is 0.792. The lowest BCUT2D eigenvalue weighted by Crippen LogP contribution is -2.17. The van der Waals surface area contributed by atoms with Crippen molar-refractivity contribution in [3.05, 3.63) is 47.5 Å². The number of nitrogens with one attached hydrogen (secondary N) is 1. The van der Waals surface area contributed by atoms with Gasteiger partial charge in [-0.05, 0) is 26.0 Å². The van der Waals surface area contributed by atoms with Gasteiger partial charge in [0.05, 0.1) is 25.7 Å². The Morgan fingerprint density at radius 2 is 2.14 bits per heavy atom. The average molecular weight is 287 g/mol. The topological polar surface area (TPSA) is 39.1 Å². The molecule has 1 aromatic carbocycles. The highest BCUT2D eigenvalue weighted by atomic mass is 16.5. The molecule has 0 atom stereocenters. The summed E-state index contributed by atoms with van der Waals surface area (Å²) in [6.45, 7) is 7.12. The molecule has 2 aromatic rings. The molecule has 0 fully saturated rings. The van der Waals surface area contributed by atoms with Crippen molar-refractivity contribution in [2.75, 3.05) is 20.2 Å². The minimum Gasteiger partial charge on any atom is -0.496 e. The number of imidazole rings is 1. The molecule has 0 unspecified atom stereocenters. The quantitative estimate of drug-likeness (QED) is 0.759. The SMILES string of the molecule is CCCNCCc1cn(Cc2cc(C)ccc2OC)cn1. The molecule has 0 amide bonds. The lowest BCUT2D eigenvalue weighted by molar-refractivity contribution is 0.408. The molecule has 0 bridgehead atoms. The maximum absolute atomic E-state index is 5.43. The molecule has 0 aliphatic carbocycles. The standard InChI is InChI=1S/C17H25N3O/c1-4-8-18-9-7-16-12-20(13-19-16)11-15-10-14(2)5-6-17(15)21-3/h5-6,10,12-13,18H,4,7-9,11H2,1-3H3. The van der Waals surface area contributed by atoms with Gasteiger partial charge >= 0.3 is 0 Å². The van der Waals surface area contributed by atoms with Gasteiger partial charge in [-0.2, -0.15) is 0 Å². The summed E-state index contributed by atoms with van der Waals surface area (Å²) < 4.78 is 7.54. The number of nitrogens with zero attached hydrogens (tertiary/aromatic N) is 2. The van der Waals surface area contributed by atoms with Gasteiger partial charge in [0, 0.05) is 24.7 Å². The Hall–Kier alpha value is -1.81. The zero-order valence-electron chi connectivity index (χ0n) is 13.2. The largest absolute Gasteiger partial charge is 0.496 e. The Balaban J connectivity index is 1.97. The molecular formula is C17H25N3O. The maximum Gasteiger partial charge on any atom is 0.123 e. The van der Waals surface area contributed by atoms with Crippen molar-refractivity contribution in [2.45, 2.75) is 33.2 Å². The first-order valence-electron chi connectivity index (χ1n) is 7.57. The van der Waals surface area contributed by atoms with Crippen LogP contribution in [0.1, 0.15) is 30.2 Å². The van der Waals surface area contributed by atoms with Gasteiger partial charge in [-0.1, -0.05) is 24.6 Å². The van der Waals surface area contributed by atoms with Crippen LogP contribution in [0.3, 0.4) is 0 Å². The van der Waals surface area contributed by atoms with Gasteiger partial charge in [-0.25, -0.2) is 4.98 Å². The van der Waals surface area contributed by atoms with Gasteiger partial charge < -0.3 is 14.6 Å². The van der Waals surface area contributed by atoms with Crippen LogP contribution >= 0.6 is 0 Å². The number of benzene rings is 1. The van der Waals surface area contributed by atoms with Crippen LogP contribution in [0.5, 0.6) is 5.75 Å². The Kier molecular flexibility index (Phi) is 5.81. The van der Waals surface area contributed by atoms with Crippen LogP contribution in [-0.4, -0.2) is 29.8 Å². The van der Waals surface area contributed by atoms with E-state index < -0.39 is 0 Å². The van der Waals surface area contributed by atoms with Crippen LogP contribution in [0, 0.1) is 6.92 Å². The van der Waals surface area contributed by atoms with E-state index in [4.69, 9.17) is 4.74 Å². The molecule has 0 saturated heterocycles. The molecule has 0 saturated carbocycles. The zero-order valence-corrected chi connectivity index (χ0v) is 13.2. The molecule has 1 aromatic heterocycles. The van der Waals surface area contributed by atoms with E-state index in [0.717, 1.165) is 37.5 Å². The number of ether oxygens (including phenoxy) is 1. The Labute approximate surface area is 127 Å². The van der Waals surface area contributed by atoms with Crippen LogP contribution in [0.4, 0.5) is 0 Å². The van der Waals surface area contributed by atoms with Crippen LogP contribution in [0.15, 0.2) is 30.7 Å². The normalized spacial score (nSPS) is 10.8. The Morgan fingerprint density at radius 1 is 1.29 bits per heavy atom. The van der Waals surface area contributed by atoms with E-state index in [1.54, 1.807) is 7.11 Å². The Morgan fingerprint density at radius 3 is 2.90 bits per heavy atom. The fraction of sp³-hybridized carbons (Fsp3) is 0.471. The molecule has 0 aliphatic rings. The summed E-state index contributed by atoms with van der Waals surface area (Å²) in [6, 6.07) is 6.26. The van der Waals surface area contributed by atoms with E-state index in [1.165, 1.54) is 17.5 Å². The molecule has 1 heterocycles. The van der Waals surface area contributed by atoms with E-state index in [1.807, 2.05) is 12.4 Å². The van der Waals surface area contributed by atoms with Crippen LogP contribution in [-0.2, 0) is 13.0 Å². The summed E-state index contributed by atoms with van der Waals surface area (Å²) in [4.78, 5) is 4.47. The predicted molar refractivity (Wildman–Crippen MR) is 85.9 cm³/mol. The molecule has 0 spiro atoms. The summed E-state index contributed by atoms with van der Waals surface area (Å²) in [6.07, 6.45) is 6.16. The summed E-state index contributed by atoms with van der Waals surface area (Å²) in [5, 5.41) is 3.40. The summed E-state index contributed by atoms with van der Waals surface area (Å²) in [5.74, 6) is 0.931. The van der Waals surface area contributed by atoms with Gasteiger partial charge in [-0.15, -0.1) is 0 Å². The third-order valence-corrected chi connectivity index (χ3v) is 3.46. The molecule has 4 nitrogen and oxygen atoms in total. The predicted octanol–water partition coefficient (Wildman–Crippen LogP) is 2.79. The number of hydrogen-bond acceptors (Lipinski definition) is 3. The highest BCUT2D eigenvalue weighted by molar-refractivity contribution is 5.37. The van der Waals surface area contributed by atoms with Crippen molar-refractivity contribution >= 4 is 0 Å². The monoisotopic (exact) mass is 287 g/mol. The number of aryl methyl sites for hydroxylation is 1. The molecule has 114 valence electrons. The van der Waals surface area contributed by atoms with E-state index in [-0.39, 0.29) is 0 Å². The fourth-order valence-electron chi connectivity index (χ4n) is 2.37. The van der Waals surface area contributed by atoms with Crippen molar-refractivity contribution in [3.8, 4) is 5.75 Å². The number of rotatable bonds is 8. The molecule has 0 aliphatic heterocycles. The fourth-order valence-corrected chi connectivity index (χ4v) is 2.37. The van der Waals surface area contributed by atoms with Crippen LogP contribution in [0.2, 0.25) is 0 Å². The second kappa shape index (κ2) is 7.84. The molecule has 2 rings (SSSR count). The molecule has 1 N–H and O–H groups in total. The van der Waals surface area contributed by atoms with Gasteiger partial charge in [0.25, 0.3) is 0 Å². The smallest absolute Gasteiger partial charge is 0.123 e. The maximum atomic E-state index is 5.43. The number of methoxy groups -OCH3 is 1. The van der Waals surface area contributed by atoms with Gasteiger partial charge in [0.2, 0.25) is 0 Å². The summed E-state index contributed by atoms with van der Waals surface area (Å²) in [7, 11) is 1.72. The third kappa shape index (κ3) is 4.60. The van der Waals surface area contributed by atoms with E-state index in [0.29, 0.717) is 0 Å². The molecule has 0 radical (unpaired) electrons. The lowest BCUT2D eigenvalue weighted by atomic mass is 10.1. The van der Waals surface area contributed by atoms with Crippen molar-refractivity contribution in [2.24, 2.45) is 0 Å². The molecule has 4 heteroatoms. The van der Waals surface area contributed by atoms with Crippen molar-refractivity contribution in [1.82, 2.24) is 14.9 Å². The Bertz CT molecular complexity index is 563. The first-order valence-corrected chi connectivity index (χ1v) is 7.57. The van der Waals surface area contributed by atoms with E-state index in [2.05, 4.69) is 47.0 Å². The van der Waals surface area contributed by atoms with Crippen LogP contribution in [0.25, 0.3) is 0 Å². The van der Waals surface area contributed by atoms with Crippen molar-refractivity contribution in [3.63, 3.8) is 0 Å². The van der Waals surface area contributed by atoms with Crippen LogP contribution < -0.4 is 10.1 Å². The van der Waals surface area contributed by atoms with Gasteiger partial charge in [-0.3, -0.25) is 0 Å². The van der Waals surface area contributed by atoms with Crippen molar-refractivity contribution in [1.29, 1.82) is 0 Å². The highest BCUT2D eigenvalue weighted by Crippen LogP contribution is 2.20. The average Bonchev–Trinajstić information content (AvgIpc) is 2.91. The van der Waals surface area contributed by atoms with E-state index in [9.17, 15) is 0 Å². The summed E-state index contributed by atoms with van der Waals surface area (Å²) >= 11 is 0. The first kappa shape index (κ1) is 15.6. The zero-order chi connectivity index (χ0) is 15.1. The summed E-state index contributed by atoms with van der Waals surface area (Å²) in [5.41, 5.74) is 3.56. The molecular weight excluding hydrogens is 262 g/mol. The van der Waals surface area contributed by atoms with E-state index >= 15 is 0 Å². The number of aromatic nitrogens is 2. The first-order chi connectivity index (χ1) is 10.2. The third-order valence-electron chi connectivity index (χ3n) is 3.46. The highest BCUT2D eigenvalue weighted by Gasteiger charge is 2.05. The van der Waals surface area contributed by atoms with Crippen molar-refractivity contribution < 1.29 is 4.74 Å². The minimum absolute atomic E-state index is 0.792. The van der Waals surface area contributed by atoms with Gasteiger partial charge in [0.1, 0.15) is 5.75 Å². The lowest BCUT2D eigenvalue weighted by Gasteiger charge is -2.09. The molecule has 21 heavy (non-hydrogen) atoms. The van der Waals surface area contributed by atoms with Gasteiger partial charge in [0.15, 0.2) is 0 Å². The second-order valence-electron chi connectivity index (χ2n) is 5.35. The number of hydrogen-bond donors (Lipinski definition) is 1. The second-order valence-corrected chi connectivity index (χ2v) is 5.35.